The Morgan fingerprint density at radius 3 is 2.27 bits per heavy atom. The lowest BCUT2D eigenvalue weighted by Crippen LogP contribution is -2.59. The molecule has 84 valence electrons. The third-order valence-corrected chi connectivity index (χ3v) is 4.77. The average molecular weight is 207 g/mol. The van der Waals surface area contributed by atoms with E-state index < -0.39 is 0 Å². The van der Waals surface area contributed by atoms with Gasteiger partial charge in [-0.05, 0) is 31.1 Å². The van der Waals surface area contributed by atoms with Crippen LogP contribution in [0.2, 0.25) is 0 Å². The van der Waals surface area contributed by atoms with Crippen molar-refractivity contribution >= 4 is 5.78 Å². The number of hydrogen-bond acceptors (Lipinski definition) is 2. The first kappa shape index (κ1) is 9.83. The van der Waals surface area contributed by atoms with Crippen LogP contribution in [0.25, 0.3) is 0 Å². The van der Waals surface area contributed by atoms with Gasteiger partial charge in [-0.25, -0.2) is 0 Å². The summed E-state index contributed by atoms with van der Waals surface area (Å²) in [5.41, 5.74) is 0.724. The molecule has 0 unspecified atom stereocenters. The second-order valence-corrected chi connectivity index (χ2v) is 5.88. The minimum Gasteiger partial charge on any atom is -0.300 e. The van der Waals surface area contributed by atoms with E-state index in [1.165, 1.54) is 38.8 Å². The van der Waals surface area contributed by atoms with Gasteiger partial charge in [-0.2, -0.15) is 0 Å². The molecule has 0 aromatic heterocycles. The van der Waals surface area contributed by atoms with E-state index in [0.29, 0.717) is 5.78 Å². The Hall–Kier alpha value is -0.370. The van der Waals surface area contributed by atoms with Crippen molar-refractivity contribution in [1.82, 2.24) is 4.90 Å². The maximum atomic E-state index is 11.2. The molecule has 3 fully saturated rings. The van der Waals surface area contributed by atoms with Crippen LogP contribution in [0.4, 0.5) is 0 Å². The van der Waals surface area contributed by atoms with Gasteiger partial charge in [0.05, 0.1) is 0 Å². The second kappa shape index (κ2) is 3.58. The smallest absolute Gasteiger partial charge is 0.133 e. The van der Waals surface area contributed by atoms with Gasteiger partial charge in [0.1, 0.15) is 5.78 Å². The summed E-state index contributed by atoms with van der Waals surface area (Å²) in [5.74, 6) is 0.488. The molecule has 0 radical (unpaired) electrons. The normalized spacial score (nSPS) is 32.1. The molecule has 0 aromatic carbocycles. The highest BCUT2D eigenvalue weighted by atomic mass is 16.1. The molecular formula is C13H21NO. The van der Waals surface area contributed by atoms with Crippen molar-refractivity contribution in [3.63, 3.8) is 0 Å². The fourth-order valence-electron chi connectivity index (χ4n) is 3.80. The minimum atomic E-state index is 0.488. The molecule has 0 aromatic rings. The predicted molar refractivity (Wildman–Crippen MR) is 59.7 cm³/mol. The van der Waals surface area contributed by atoms with Crippen molar-refractivity contribution in [2.75, 3.05) is 13.1 Å². The van der Waals surface area contributed by atoms with Gasteiger partial charge in [0.2, 0.25) is 0 Å². The van der Waals surface area contributed by atoms with Crippen LogP contribution < -0.4 is 0 Å². The van der Waals surface area contributed by atoms with E-state index in [1.54, 1.807) is 0 Å². The van der Waals surface area contributed by atoms with E-state index in [4.69, 9.17) is 0 Å². The van der Waals surface area contributed by atoms with Crippen LogP contribution in [-0.2, 0) is 4.79 Å². The Balaban J connectivity index is 1.52. The Morgan fingerprint density at radius 1 is 1.07 bits per heavy atom. The first-order valence-electron chi connectivity index (χ1n) is 6.53. The van der Waals surface area contributed by atoms with Gasteiger partial charge >= 0.3 is 0 Å². The number of Topliss-reactive ketones (excluding diaryl/α,β-unsaturated/α-hetero) is 1. The number of carbonyl (C=O) groups excluding carboxylic acids is 1. The number of ketones is 1. The number of likely N-dealkylation sites (tertiary alicyclic amines) is 1. The summed E-state index contributed by atoms with van der Waals surface area (Å²) in [6.45, 7) is 2.68. The van der Waals surface area contributed by atoms with Crippen molar-refractivity contribution in [2.45, 2.75) is 57.4 Å². The first-order valence-corrected chi connectivity index (χ1v) is 6.53. The highest BCUT2D eigenvalue weighted by molar-refractivity contribution is 5.79. The standard InChI is InChI=1S/C13H21NO/c15-12-5-3-11(4-6-12)14-9-13(10-14)7-1-2-8-13/h11H,1-10H2. The molecular weight excluding hydrogens is 186 g/mol. The molecule has 0 N–H and O–H groups in total. The van der Waals surface area contributed by atoms with Crippen molar-refractivity contribution in [3.05, 3.63) is 0 Å². The van der Waals surface area contributed by atoms with Crippen molar-refractivity contribution in [3.8, 4) is 0 Å². The Kier molecular flexibility index (Phi) is 2.35. The minimum absolute atomic E-state index is 0.488. The SMILES string of the molecule is O=C1CCC(N2CC3(CCCC3)C2)CC1. The molecule has 2 heteroatoms. The molecule has 0 bridgehead atoms. The zero-order valence-corrected chi connectivity index (χ0v) is 9.50. The summed E-state index contributed by atoms with van der Waals surface area (Å²) in [6, 6.07) is 0.744. The molecule has 1 saturated heterocycles. The first-order chi connectivity index (χ1) is 7.27. The molecule has 2 aliphatic carbocycles. The topological polar surface area (TPSA) is 20.3 Å². The van der Waals surface area contributed by atoms with Crippen molar-refractivity contribution < 1.29 is 4.79 Å². The van der Waals surface area contributed by atoms with Gasteiger partial charge in [-0.15, -0.1) is 0 Å². The molecule has 1 heterocycles. The quantitative estimate of drug-likeness (QED) is 0.658. The Labute approximate surface area is 92.0 Å². The van der Waals surface area contributed by atoms with Crippen LogP contribution in [0.1, 0.15) is 51.4 Å². The van der Waals surface area contributed by atoms with Crippen LogP contribution in [-0.4, -0.2) is 29.8 Å². The van der Waals surface area contributed by atoms with Crippen molar-refractivity contribution in [2.24, 2.45) is 5.41 Å². The third-order valence-electron chi connectivity index (χ3n) is 4.77. The molecule has 2 saturated carbocycles. The fourth-order valence-corrected chi connectivity index (χ4v) is 3.80. The highest BCUT2D eigenvalue weighted by Gasteiger charge is 2.46. The van der Waals surface area contributed by atoms with Crippen molar-refractivity contribution in [1.29, 1.82) is 0 Å². The molecule has 15 heavy (non-hydrogen) atoms. The van der Waals surface area contributed by atoms with Crippen LogP contribution in [0.3, 0.4) is 0 Å². The van der Waals surface area contributed by atoms with E-state index in [9.17, 15) is 4.79 Å². The van der Waals surface area contributed by atoms with E-state index in [0.717, 1.165) is 37.1 Å². The van der Waals surface area contributed by atoms with Gasteiger partial charge < -0.3 is 0 Å². The number of hydrogen-bond donors (Lipinski definition) is 0. The van der Waals surface area contributed by atoms with Gasteiger partial charge in [0.25, 0.3) is 0 Å². The van der Waals surface area contributed by atoms with E-state index >= 15 is 0 Å². The van der Waals surface area contributed by atoms with Gasteiger partial charge in [-0.3, -0.25) is 9.69 Å². The largest absolute Gasteiger partial charge is 0.300 e. The summed E-state index contributed by atoms with van der Waals surface area (Å²) >= 11 is 0. The molecule has 3 rings (SSSR count). The third kappa shape index (κ3) is 1.73. The fraction of sp³-hybridized carbons (Fsp3) is 0.923. The Bertz CT molecular complexity index is 250. The number of carbonyl (C=O) groups is 1. The summed E-state index contributed by atoms with van der Waals surface area (Å²) in [7, 11) is 0. The summed E-state index contributed by atoms with van der Waals surface area (Å²) in [4.78, 5) is 13.8. The molecule has 1 aliphatic heterocycles. The van der Waals surface area contributed by atoms with Gasteiger partial charge in [0, 0.05) is 32.0 Å². The maximum absolute atomic E-state index is 11.2. The lowest BCUT2D eigenvalue weighted by Gasteiger charge is -2.52. The van der Waals surface area contributed by atoms with Gasteiger partial charge in [-0.1, -0.05) is 12.8 Å². The summed E-state index contributed by atoms with van der Waals surface area (Å²) < 4.78 is 0. The molecule has 0 atom stereocenters. The predicted octanol–water partition coefficient (Wildman–Crippen LogP) is 2.37. The Morgan fingerprint density at radius 2 is 1.67 bits per heavy atom. The van der Waals surface area contributed by atoms with E-state index in [1.807, 2.05) is 0 Å². The summed E-state index contributed by atoms with van der Waals surface area (Å²) in [5, 5.41) is 0. The lowest BCUT2D eigenvalue weighted by atomic mass is 9.76. The maximum Gasteiger partial charge on any atom is 0.133 e. The molecule has 2 nitrogen and oxygen atoms in total. The van der Waals surface area contributed by atoms with Gasteiger partial charge in [0.15, 0.2) is 0 Å². The number of rotatable bonds is 1. The molecule has 3 aliphatic rings. The van der Waals surface area contributed by atoms with Crippen LogP contribution in [0.15, 0.2) is 0 Å². The average Bonchev–Trinajstić information content (AvgIpc) is 2.66. The zero-order valence-electron chi connectivity index (χ0n) is 9.50. The highest BCUT2D eigenvalue weighted by Crippen LogP contribution is 2.47. The lowest BCUT2D eigenvalue weighted by molar-refractivity contribution is -0.122. The van der Waals surface area contributed by atoms with Crippen LogP contribution in [0.5, 0.6) is 0 Å². The molecule has 1 spiro atoms. The molecule has 0 amide bonds. The van der Waals surface area contributed by atoms with E-state index in [2.05, 4.69) is 4.90 Å². The van der Waals surface area contributed by atoms with E-state index in [-0.39, 0.29) is 0 Å². The van der Waals surface area contributed by atoms with Crippen LogP contribution in [0, 0.1) is 5.41 Å². The summed E-state index contributed by atoms with van der Waals surface area (Å²) in [6.07, 6.45) is 9.80. The zero-order chi connectivity index (χ0) is 10.3. The second-order valence-electron chi connectivity index (χ2n) is 5.88. The van der Waals surface area contributed by atoms with Crippen LogP contribution >= 0.6 is 0 Å². The number of nitrogens with zero attached hydrogens (tertiary/aromatic N) is 1. The monoisotopic (exact) mass is 207 g/mol.